The molecule has 0 aliphatic carbocycles. The zero-order valence-electron chi connectivity index (χ0n) is 14.5. The standard InChI is InChI=1S/C19H23NO4/c1-5-13-6-7-18(24-4)15(8-13)12-20-19(21)14-9-16(22-2)11-17(10-14)23-3/h6-11H,5,12H2,1-4H3,(H,20,21). The van der Waals surface area contributed by atoms with Crippen LogP contribution in [0.4, 0.5) is 0 Å². The Morgan fingerprint density at radius 1 is 0.958 bits per heavy atom. The van der Waals surface area contributed by atoms with E-state index in [4.69, 9.17) is 14.2 Å². The van der Waals surface area contributed by atoms with Crippen LogP contribution in [0.15, 0.2) is 36.4 Å². The summed E-state index contributed by atoms with van der Waals surface area (Å²) >= 11 is 0. The van der Waals surface area contributed by atoms with Crippen LogP contribution in [-0.4, -0.2) is 27.2 Å². The second-order valence-electron chi connectivity index (χ2n) is 5.28. The van der Waals surface area contributed by atoms with E-state index in [2.05, 4.69) is 12.2 Å². The zero-order valence-corrected chi connectivity index (χ0v) is 14.5. The summed E-state index contributed by atoms with van der Waals surface area (Å²) in [6, 6.07) is 11.1. The van der Waals surface area contributed by atoms with Crippen LogP contribution in [0.1, 0.15) is 28.4 Å². The fourth-order valence-electron chi connectivity index (χ4n) is 2.41. The number of benzene rings is 2. The highest BCUT2D eigenvalue weighted by Crippen LogP contribution is 2.23. The molecule has 0 bridgehead atoms. The van der Waals surface area contributed by atoms with E-state index in [1.54, 1.807) is 39.5 Å². The van der Waals surface area contributed by atoms with Gasteiger partial charge < -0.3 is 19.5 Å². The molecule has 2 rings (SSSR count). The van der Waals surface area contributed by atoms with Crippen LogP contribution in [0.5, 0.6) is 17.2 Å². The Labute approximate surface area is 142 Å². The van der Waals surface area contributed by atoms with Crippen molar-refractivity contribution in [1.29, 1.82) is 0 Å². The molecule has 0 aliphatic heterocycles. The third kappa shape index (κ3) is 4.19. The molecule has 1 amide bonds. The quantitative estimate of drug-likeness (QED) is 0.847. The van der Waals surface area contributed by atoms with Gasteiger partial charge in [-0.25, -0.2) is 0 Å². The minimum Gasteiger partial charge on any atom is -0.497 e. The third-order valence-electron chi connectivity index (χ3n) is 3.81. The molecular weight excluding hydrogens is 306 g/mol. The van der Waals surface area contributed by atoms with Gasteiger partial charge in [-0.15, -0.1) is 0 Å². The maximum Gasteiger partial charge on any atom is 0.251 e. The van der Waals surface area contributed by atoms with Gasteiger partial charge >= 0.3 is 0 Å². The van der Waals surface area contributed by atoms with E-state index in [0.29, 0.717) is 23.6 Å². The zero-order chi connectivity index (χ0) is 17.5. The summed E-state index contributed by atoms with van der Waals surface area (Å²) in [6.07, 6.45) is 0.929. The molecule has 0 atom stereocenters. The van der Waals surface area contributed by atoms with E-state index in [9.17, 15) is 4.79 Å². The van der Waals surface area contributed by atoms with Gasteiger partial charge in [-0.3, -0.25) is 4.79 Å². The third-order valence-corrected chi connectivity index (χ3v) is 3.81. The molecule has 5 nitrogen and oxygen atoms in total. The maximum atomic E-state index is 12.4. The molecule has 24 heavy (non-hydrogen) atoms. The number of carbonyl (C=O) groups excluding carboxylic acids is 1. The predicted octanol–water partition coefficient (Wildman–Crippen LogP) is 3.20. The Morgan fingerprint density at radius 3 is 2.17 bits per heavy atom. The second-order valence-corrected chi connectivity index (χ2v) is 5.28. The summed E-state index contributed by atoms with van der Waals surface area (Å²) in [7, 11) is 4.73. The first-order chi connectivity index (χ1) is 11.6. The smallest absolute Gasteiger partial charge is 0.251 e. The Bertz CT molecular complexity index is 690. The van der Waals surface area contributed by atoms with Crippen LogP contribution >= 0.6 is 0 Å². The molecular formula is C19H23NO4. The highest BCUT2D eigenvalue weighted by molar-refractivity contribution is 5.95. The highest BCUT2D eigenvalue weighted by Gasteiger charge is 2.11. The SMILES string of the molecule is CCc1ccc(OC)c(CNC(=O)c2cc(OC)cc(OC)c2)c1. The average molecular weight is 329 g/mol. The van der Waals surface area contributed by atoms with Crippen molar-refractivity contribution in [3.05, 3.63) is 53.1 Å². The number of amides is 1. The first kappa shape index (κ1) is 17.7. The van der Waals surface area contributed by atoms with Crippen molar-refractivity contribution in [1.82, 2.24) is 5.32 Å². The van der Waals surface area contributed by atoms with Gasteiger partial charge in [0.05, 0.1) is 21.3 Å². The Morgan fingerprint density at radius 2 is 1.62 bits per heavy atom. The molecule has 0 spiro atoms. The summed E-state index contributed by atoms with van der Waals surface area (Å²) in [5, 5.41) is 2.91. The van der Waals surface area contributed by atoms with Crippen LogP contribution in [0.2, 0.25) is 0 Å². The van der Waals surface area contributed by atoms with Crippen LogP contribution in [0.25, 0.3) is 0 Å². The van der Waals surface area contributed by atoms with Crippen LogP contribution in [0, 0.1) is 0 Å². The van der Waals surface area contributed by atoms with Crippen LogP contribution < -0.4 is 19.5 Å². The summed E-state index contributed by atoms with van der Waals surface area (Å²) in [6.45, 7) is 2.47. The normalized spacial score (nSPS) is 10.2. The summed E-state index contributed by atoms with van der Waals surface area (Å²) < 4.78 is 15.8. The van der Waals surface area contributed by atoms with Gasteiger partial charge in [0.15, 0.2) is 0 Å². The minimum atomic E-state index is -0.198. The molecule has 0 saturated carbocycles. The van der Waals surface area contributed by atoms with Gasteiger partial charge in [0.2, 0.25) is 0 Å². The van der Waals surface area contributed by atoms with Crippen molar-refractivity contribution >= 4 is 5.91 Å². The van der Waals surface area contributed by atoms with E-state index in [1.807, 2.05) is 18.2 Å². The maximum absolute atomic E-state index is 12.4. The molecule has 0 heterocycles. The van der Waals surface area contributed by atoms with Gasteiger partial charge in [-0.1, -0.05) is 19.1 Å². The Hall–Kier alpha value is -2.69. The number of aryl methyl sites for hydroxylation is 1. The highest BCUT2D eigenvalue weighted by atomic mass is 16.5. The van der Waals surface area contributed by atoms with Gasteiger partial charge in [0.1, 0.15) is 17.2 Å². The average Bonchev–Trinajstić information content (AvgIpc) is 2.65. The molecule has 0 radical (unpaired) electrons. The van der Waals surface area contributed by atoms with Crippen molar-refractivity contribution in [2.24, 2.45) is 0 Å². The lowest BCUT2D eigenvalue weighted by Crippen LogP contribution is -2.23. The number of hydrogen-bond donors (Lipinski definition) is 1. The first-order valence-corrected chi connectivity index (χ1v) is 7.78. The van der Waals surface area contributed by atoms with E-state index in [0.717, 1.165) is 17.7 Å². The number of hydrogen-bond acceptors (Lipinski definition) is 4. The van der Waals surface area contributed by atoms with Crippen LogP contribution in [-0.2, 0) is 13.0 Å². The Kier molecular flexibility index (Phi) is 6.07. The minimum absolute atomic E-state index is 0.198. The number of carbonyl (C=O) groups is 1. The van der Waals surface area contributed by atoms with Gasteiger partial charge in [-0.05, 0) is 30.2 Å². The lowest BCUT2D eigenvalue weighted by molar-refractivity contribution is 0.0950. The fraction of sp³-hybridized carbons (Fsp3) is 0.316. The molecule has 2 aromatic rings. The number of rotatable bonds is 7. The monoisotopic (exact) mass is 329 g/mol. The summed E-state index contributed by atoms with van der Waals surface area (Å²) in [5.74, 6) is 1.71. The molecule has 0 unspecified atom stereocenters. The van der Waals surface area contributed by atoms with Gasteiger partial charge in [-0.2, -0.15) is 0 Å². The Balaban J connectivity index is 2.16. The van der Waals surface area contributed by atoms with E-state index in [-0.39, 0.29) is 5.91 Å². The largest absolute Gasteiger partial charge is 0.497 e. The lowest BCUT2D eigenvalue weighted by Gasteiger charge is -2.12. The van der Waals surface area contributed by atoms with Crippen molar-refractivity contribution in [3.8, 4) is 17.2 Å². The van der Waals surface area contributed by atoms with E-state index >= 15 is 0 Å². The number of methoxy groups -OCH3 is 3. The molecule has 128 valence electrons. The molecule has 0 aromatic heterocycles. The van der Waals surface area contributed by atoms with E-state index < -0.39 is 0 Å². The predicted molar refractivity (Wildman–Crippen MR) is 93.1 cm³/mol. The summed E-state index contributed by atoms with van der Waals surface area (Å²) in [5.41, 5.74) is 2.62. The van der Waals surface area contributed by atoms with Crippen molar-refractivity contribution in [2.75, 3.05) is 21.3 Å². The van der Waals surface area contributed by atoms with Crippen molar-refractivity contribution in [3.63, 3.8) is 0 Å². The van der Waals surface area contributed by atoms with Crippen molar-refractivity contribution in [2.45, 2.75) is 19.9 Å². The second kappa shape index (κ2) is 8.24. The van der Waals surface area contributed by atoms with Crippen LogP contribution in [0.3, 0.4) is 0 Å². The number of ether oxygens (including phenoxy) is 3. The van der Waals surface area contributed by atoms with Crippen molar-refractivity contribution < 1.29 is 19.0 Å². The number of nitrogens with one attached hydrogen (secondary N) is 1. The molecule has 0 aliphatic rings. The van der Waals surface area contributed by atoms with E-state index in [1.165, 1.54) is 5.56 Å². The molecule has 5 heteroatoms. The van der Waals surface area contributed by atoms with Gasteiger partial charge in [0.25, 0.3) is 5.91 Å². The molecule has 0 saturated heterocycles. The fourth-order valence-corrected chi connectivity index (χ4v) is 2.41. The molecule has 1 N–H and O–H groups in total. The topological polar surface area (TPSA) is 56.8 Å². The first-order valence-electron chi connectivity index (χ1n) is 7.78. The summed E-state index contributed by atoms with van der Waals surface area (Å²) in [4.78, 5) is 12.4. The van der Waals surface area contributed by atoms with Gasteiger partial charge in [0, 0.05) is 23.7 Å². The molecule has 0 fully saturated rings. The lowest BCUT2D eigenvalue weighted by atomic mass is 10.1. The molecule has 2 aromatic carbocycles.